The van der Waals surface area contributed by atoms with Gasteiger partial charge in [-0.15, -0.1) is 0 Å². The van der Waals surface area contributed by atoms with Gasteiger partial charge >= 0.3 is 0 Å². The van der Waals surface area contributed by atoms with E-state index in [9.17, 15) is 5.11 Å². The number of nitrogens with one attached hydrogen (secondary N) is 1. The van der Waals surface area contributed by atoms with E-state index >= 15 is 0 Å². The van der Waals surface area contributed by atoms with Crippen molar-refractivity contribution in [3.63, 3.8) is 0 Å². The van der Waals surface area contributed by atoms with Gasteiger partial charge in [-0.3, -0.25) is 0 Å². The number of hydrogen-bond acceptors (Lipinski definition) is 5. The van der Waals surface area contributed by atoms with Gasteiger partial charge in [-0.2, -0.15) is 5.10 Å². The number of anilines is 1. The van der Waals surface area contributed by atoms with Crippen LogP contribution in [0.2, 0.25) is 0 Å². The van der Waals surface area contributed by atoms with Crippen LogP contribution in [0.15, 0.2) is 73.2 Å². The predicted molar refractivity (Wildman–Crippen MR) is 101 cm³/mol. The molecule has 130 valence electrons. The zero-order chi connectivity index (χ0) is 17.8. The van der Waals surface area contributed by atoms with E-state index in [1.807, 2.05) is 60.7 Å². The summed E-state index contributed by atoms with van der Waals surface area (Å²) < 4.78 is 1.80. The van der Waals surface area contributed by atoms with Crippen molar-refractivity contribution in [3.05, 3.63) is 78.8 Å². The van der Waals surface area contributed by atoms with Crippen LogP contribution in [0.3, 0.4) is 0 Å². The number of benzene rings is 2. The molecule has 0 aliphatic carbocycles. The van der Waals surface area contributed by atoms with Crippen molar-refractivity contribution >= 4 is 16.9 Å². The van der Waals surface area contributed by atoms with E-state index in [2.05, 4.69) is 20.4 Å². The summed E-state index contributed by atoms with van der Waals surface area (Å²) in [6.07, 6.45) is 3.89. The minimum Gasteiger partial charge on any atom is -0.396 e. The zero-order valence-corrected chi connectivity index (χ0v) is 14.2. The first-order valence-corrected chi connectivity index (χ1v) is 8.53. The fourth-order valence-corrected chi connectivity index (χ4v) is 3.02. The standard InChI is InChI=1S/C20H19N5O/c26-12-11-18(15-7-3-1-4-8-15)24-19-17-13-23-25(20(17)22-14-21-19)16-9-5-2-6-10-16/h1-10,13-14,18,26H,11-12H2,(H,21,22,24)/t18-/m1/s1. The second-order valence-corrected chi connectivity index (χ2v) is 5.97. The van der Waals surface area contributed by atoms with Crippen LogP contribution >= 0.6 is 0 Å². The van der Waals surface area contributed by atoms with E-state index in [1.165, 1.54) is 6.33 Å². The van der Waals surface area contributed by atoms with Crippen LogP contribution in [-0.4, -0.2) is 31.5 Å². The monoisotopic (exact) mass is 345 g/mol. The first-order chi connectivity index (χ1) is 12.9. The zero-order valence-electron chi connectivity index (χ0n) is 14.2. The van der Waals surface area contributed by atoms with Gasteiger partial charge in [0, 0.05) is 6.61 Å². The van der Waals surface area contributed by atoms with Gasteiger partial charge in [0.05, 0.1) is 23.3 Å². The van der Waals surface area contributed by atoms with Crippen LogP contribution in [0.25, 0.3) is 16.7 Å². The first-order valence-electron chi connectivity index (χ1n) is 8.53. The molecule has 0 amide bonds. The molecule has 6 nitrogen and oxygen atoms in total. The van der Waals surface area contributed by atoms with Gasteiger partial charge in [0.25, 0.3) is 0 Å². The topological polar surface area (TPSA) is 75.9 Å². The highest BCUT2D eigenvalue weighted by Gasteiger charge is 2.16. The molecule has 2 aromatic heterocycles. The number of rotatable bonds is 6. The molecule has 0 saturated heterocycles. The Morgan fingerprint density at radius 3 is 2.42 bits per heavy atom. The Morgan fingerprint density at radius 1 is 0.962 bits per heavy atom. The minimum absolute atomic E-state index is 0.0422. The Morgan fingerprint density at radius 2 is 1.69 bits per heavy atom. The van der Waals surface area contributed by atoms with E-state index in [-0.39, 0.29) is 12.6 Å². The number of aliphatic hydroxyl groups excluding tert-OH is 1. The van der Waals surface area contributed by atoms with Crippen molar-refractivity contribution in [2.75, 3.05) is 11.9 Å². The van der Waals surface area contributed by atoms with E-state index < -0.39 is 0 Å². The molecule has 0 bridgehead atoms. The Hall–Kier alpha value is -3.25. The highest BCUT2D eigenvalue weighted by atomic mass is 16.3. The molecule has 4 rings (SSSR count). The Kier molecular flexibility index (Phi) is 4.57. The van der Waals surface area contributed by atoms with Gasteiger partial charge in [0.2, 0.25) is 0 Å². The summed E-state index contributed by atoms with van der Waals surface area (Å²) in [6.45, 7) is 0.0874. The van der Waals surface area contributed by atoms with Crippen LogP contribution in [0.4, 0.5) is 5.82 Å². The fourth-order valence-electron chi connectivity index (χ4n) is 3.02. The van der Waals surface area contributed by atoms with Gasteiger partial charge in [-0.05, 0) is 24.1 Å². The van der Waals surface area contributed by atoms with Gasteiger partial charge in [-0.25, -0.2) is 14.6 Å². The lowest BCUT2D eigenvalue weighted by atomic mass is 10.0. The van der Waals surface area contributed by atoms with Crippen LogP contribution in [0, 0.1) is 0 Å². The summed E-state index contributed by atoms with van der Waals surface area (Å²) in [4.78, 5) is 8.81. The summed E-state index contributed by atoms with van der Waals surface area (Å²) >= 11 is 0. The average Bonchev–Trinajstić information content (AvgIpc) is 3.14. The maximum absolute atomic E-state index is 9.45. The molecule has 0 spiro atoms. The summed E-state index contributed by atoms with van der Waals surface area (Å²) in [5.41, 5.74) is 2.79. The fraction of sp³-hybridized carbons (Fsp3) is 0.150. The van der Waals surface area contributed by atoms with E-state index in [4.69, 9.17) is 0 Å². The lowest BCUT2D eigenvalue weighted by Crippen LogP contribution is -2.13. The Labute approximate surface area is 151 Å². The lowest BCUT2D eigenvalue weighted by molar-refractivity contribution is 0.280. The van der Waals surface area contributed by atoms with Crippen LogP contribution in [0.1, 0.15) is 18.0 Å². The molecule has 0 fully saturated rings. The predicted octanol–water partition coefficient (Wildman–Crippen LogP) is 3.35. The summed E-state index contributed by atoms with van der Waals surface area (Å²) in [5.74, 6) is 0.708. The maximum atomic E-state index is 9.45. The first kappa shape index (κ1) is 16.2. The van der Waals surface area contributed by atoms with Crippen LogP contribution in [0.5, 0.6) is 0 Å². The molecule has 0 saturated carbocycles. The van der Waals surface area contributed by atoms with Crippen LogP contribution < -0.4 is 5.32 Å². The quantitative estimate of drug-likeness (QED) is 0.560. The normalized spacial score (nSPS) is 12.2. The van der Waals surface area contributed by atoms with E-state index in [0.29, 0.717) is 12.2 Å². The number of para-hydroxylation sites is 1. The van der Waals surface area contributed by atoms with Crippen LogP contribution in [-0.2, 0) is 0 Å². The number of aromatic nitrogens is 4. The minimum atomic E-state index is -0.0422. The lowest BCUT2D eigenvalue weighted by Gasteiger charge is -2.19. The molecule has 4 aromatic rings. The molecule has 0 radical (unpaired) electrons. The number of fused-ring (bicyclic) bond motifs is 1. The molecule has 0 aliphatic rings. The average molecular weight is 345 g/mol. The van der Waals surface area contributed by atoms with Gasteiger partial charge < -0.3 is 10.4 Å². The highest BCUT2D eigenvalue weighted by molar-refractivity contribution is 5.87. The maximum Gasteiger partial charge on any atom is 0.168 e. The van der Waals surface area contributed by atoms with Gasteiger partial charge in [0.15, 0.2) is 5.65 Å². The summed E-state index contributed by atoms with van der Waals surface area (Å²) in [6, 6.07) is 19.9. The Balaban J connectivity index is 1.72. The number of nitrogens with zero attached hydrogens (tertiary/aromatic N) is 4. The molecule has 2 aromatic carbocycles. The summed E-state index contributed by atoms with van der Waals surface area (Å²) in [5, 5.41) is 18.2. The third kappa shape index (κ3) is 3.14. The molecule has 2 heterocycles. The van der Waals surface area contributed by atoms with E-state index in [1.54, 1.807) is 10.9 Å². The molecular formula is C20H19N5O. The summed E-state index contributed by atoms with van der Waals surface area (Å²) in [7, 11) is 0. The molecular weight excluding hydrogens is 326 g/mol. The van der Waals surface area contributed by atoms with Crippen molar-refractivity contribution in [1.82, 2.24) is 19.7 Å². The molecule has 1 atom stereocenters. The van der Waals surface area contributed by atoms with E-state index in [0.717, 1.165) is 22.3 Å². The third-order valence-electron chi connectivity index (χ3n) is 4.30. The largest absolute Gasteiger partial charge is 0.396 e. The van der Waals surface area contributed by atoms with Gasteiger partial charge in [-0.1, -0.05) is 48.5 Å². The molecule has 6 heteroatoms. The van der Waals surface area contributed by atoms with Crippen molar-refractivity contribution in [2.45, 2.75) is 12.5 Å². The Bertz CT molecular complexity index is 985. The molecule has 0 aliphatic heterocycles. The smallest absolute Gasteiger partial charge is 0.168 e. The SMILES string of the molecule is OCC[C@@H](Nc1ncnc2c1cnn2-c1ccccc1)c1ccccc1. The van der Waals surface area contributed by atoms with Crippen molar-refractivity contribution in [2.24, 2.45) is 0 Å². The molecule has 2 N–H and O–H groups in total. The van der Waals surface area contributed by atoms with Crippen molar-refractivity contribution in [3.8, 4) is 5.69 Å². The van der Waals surface area contributed by atoms with Gasteiger partial charge in [0.1, 0.15) is 12.1 Å². The second-order valence-electron chi connectivity index (χ2n) is 5.97. The molecule has 26 heavy (non-hydrogen) atoms. The number of hydrogen-bond donors (Lipinski definition) is 2. The second kappa shape index (κ2) is 7.33. The third-order valence-corrected chi connectivity index (χ3v) is 4.30. The molecule has 0 unspecified atom stereocenters. The van der Waals surface area contributed by atoms with Crippen molar-refractivity contribution < 1.29 is 5.11 Å². The number of aliphatic hydroxyl groups is 1. The van der Waals surface area contributed by atoms with Crippen molar-refractivity contribution in [1.29, 1.82) is 0 Å². The highest BCUT2D eigenvalue weighted by Crippen LogP contribution is 2.26.